The molecule has 1 aromatic heterocycles. The van der Waals surface area contributed by atoms with Crippen LogP contribution in [0.1, 0.15) is 37.7 Å². The van der Waals surface area contributed by atoms with Gasteiger partial charge in [-0.2, -0.15) is 0 Å². The first kappa shape index (κ1) is 16.4. The van der Waals surface area contributed by atoms with Crippen molar-refractivity contribution in [1.29, 1.82) is 0 Å². The van der Waals surface area contributed by atoms with Gasteiger partial charge in [0, 0.05) is 10.6 Å². The van der Waals surface area contributed by atoms with Crippen LogP contribution in [0, 0.1) is 20.8 Å². The van der Waals surface area contributed by atoms with E-state index < -0.39 is 5.97 Å². The van der Waals surface area contributed by atoms with Crippen LogP contribution in [0.25, 0.3) is 0 Å². The second-order valence-electron chi connectivity index (χ2n) is 5.14. The Balaban J connectivity index is 2.13. The third kappa shape index (κ3) is 3.42. The Bertz CT molecular complexity index is 701. The molecule has 0 saturated carbocycles. The predicted molar refractivity (Wildman–Crippen MR) is 87.8 cm³/mol. The van der Waals surface area contributed by atoms with Gasteiger partial charge >= 0.3 is 5.97 Å². The normalized spacial score (nSPS) is 10.5. The number of thioether (sulfide) groups is 1. The molecule has 116 valence electrons. The van der Waals surface area contributed by atoms with Crippen molar-refractivity contribution in [3.05, 3.63) is 52.3 Å². The lowest BCUT2D eigenvalue weighted by molar-refractivity contribution is 0.0599. The molecule has 0 spiro atoms. The number of rotatable bonds is 5. The topological polar surface area (TPSA) is 59.2 Å². The summed E-state index contributed by atoms with van der Waals surface area (Å²) in [7, 11) is 1.34. The molecule has 2 rings (SSSR count). The molecule has 22 heavy (non-hydrogen) atoms. The molecule has 0 aliphatic carbocycles. The molecule has 0 bridgehead atoms. The van der Waals surface area contributed by atoms with E-state index in [1.54, 1.807) is 13.8 Å². The zero-order valence-electron chi connectivity index (χ0n) is 13.1. The highest BCUT2D eigenvalue weighted by atomic mass is 32.2. The first-order valence-corrected chi connectivity index (χ1v) is 7.92. The van der Waals surface area contributed by atoms with Crippen molar-refractivity contribution in [2.24, 2.45) is 0 Å². The van der Waals surface area contributed by atoms with Crippen molar-refractivity contribution in [1.82, 2.24) is 4.98 Å². The van der Waals surface area contributed by atoms with E-state index in [-0.39, 0.29) is 5.78 Å². The molecule has 0 amide bonds. The van der Waals surface area contributed by atoms with Gasteiger partial charge in [-0.15, -0.1) is 11.8 Å². The maximum Gasteiger partial charge on any atom is 0.339 e. The predicted octanol–water partition coefficient (Wildman–Crippen LogP) is 3.70. The van der Waals surface area contributed by atoms with E-state index >= 15 is 0 Å². The molecule has 1 N–H and O–H groups in total. The lowest BCUT2D eigenvalue weighted by Gasteiger charge is -2.03. The number of esters is 1. The highest BCUT2D eigenvalue weighted by Gasteiger charge is 2.22. The van der Waals surface area contributed by atoms with Crippen molar-refractivity contribution in [3.8, 4) is 0 Å². The number of ketones is 1. The zero-order chi connectivity index (χ0) is 16.3. The average molecular weight is 317 g/mol. The van der Waals surface area contributed by atoms with Crippen LogP contribution in [0.4, 0.5) is 0 Å². The Kier molecular flexibility index (Phi) is 5.08. The fourth-order valence-electron chi connectivity index (χ4n) is 2.29. The van der Waals surface area contributed by atoms with Crippen LogP contribution in [0.15, 0.2) is 29.2 Å². The van der Waals surface area contributed by atoms with Crippen LogP contribution >= 0.6 is 11.8 Å². The number of ether oxygens (including phenoxy) is 1. The molecule has 0 saturated heterocycles. The van der Waals surface area contributed by atoms with Gasteiger partial charge in [0.1, 0.15) is 0 Å². The number of nitrogens with one attached hydrogen (secondary N) is 1. The maximum absolute atomic E-state index is 12.4. The summed E-state index contributed by atoms with van der Waals surface area (Å²) in [6.07, 6.45) is 0. The molecule has 0 fully saturated rings. The Morgan fingerprint density at radius 2 is 1.77 bits per heavy atom. The molecular formula is C17H19NO3S. The summed E-state index contributed by atoms with van der Waals surface area (Å²) in [6.45, 7) is 5.56. The molecule has 0 unspecified atom stereocenters. The van der Waals surface area contributed by atoms with Crippen LogP contribution < -0.4 is 0 Å². The summed E-state index contributed by atoms with van der Waals surface area (Å²) >= 11 is 1.48. The van der Waals surface area contributed by atoms with Gasteiger partial charge < -0.3 is 9.72 Å². The SMILES string of the molecule is COC(=O)c1c(C)[nH]c(C(=O)CSc2ccc(C)cc2)c1C. The number of carbonyl (C=O) groups excluding carboxylic acids is 2. The van der Waals surface area contributed by atoms with E-state index in [0.717, 1.165) is 4.90 Å². The minimum Gasteiger partial charge on any atom is -0.465 e. The van der Waals surface area contributed by atoms with Crippen LogP contribution in [0.5, 0.6) is 0 Å². The van der Waals surface area contributed by atoms with Gasteiger partial charge in [-0.05, 0) is 38.5 Å². The summed E-state index contributed by atoms with van der Waals surface area (Å²) in [5.41, 5.74) is 3.44. The highest BCUT2D eigenvalue weighted by Crippen LogP contribution is 2.23. The van der Waals surface area contributed by atoms with Gasteiger partial charge in [0.25, 0.3) is 0 Å². The van der Waals surface area contributed by atoms with Crippen molar-refractivity contribution >= 4 is 23.5 Å². The van der Waals surface area contributed by atoms with Gasteiger partial charge in [-0.1, -0.05) is 17.7 Å². The van der Waals surface area contributed by atoms with E-state index in [1.165, 1.54) is 24.4 Å². The second kappa shape index (κ2) is 6.83. The Morgan fingerprint density at radius 3 is 2.36 bits per heavy atom. The van der Waals surface area contributed by atoms with Gasteiger partial charge in [0.15, 0.2) is 5.78 Å². The molecule has 0 aliphatic heterocycles. The van der Waals surface area contributed by atoms with Crippen molar-refractivity contribution < 1.29 is 14.3 Å². The van der Waals surface area contributed by atoms with Crippen molar-refractivity contribution in [2.45, 2.75) is 25.7 Å². The number of aromatic amines is 1. The molecule has 1 heterocycles. The van der Waals surface area contributed by atoms with Gasteiger partial charge in [0.2, 0.25) is 0 Å². The Hall–Kier alpha value is -2.01. The zero-order valence-corrected chi connectivity index (χ0v) is 14.0. The lowest BCUT2D eigenvalue weighted by atomic mass is 10.1. The largest absolute Gasteiger partial charge is 0.465 e. The lowest BCUT2D eigenvalue weighted by Crippen LogP contribution is -2.07. The fourth-order valence-corrected chi connectivity index (χ4v) is 3.06. The molecule has 0 atom stereocenters. The molecule has 2 aromatic rings. The van der Waals surface area contributed by atoms with Gasteiger partial charge in [-0.3, -0.25) is 4.79 Å². The van der Waals surface area contributed by atoms with Crippen molar-refractivity contribution in [3.63, 3.8) is 0 Å². The third-order valence-electron chi connectivity index (χ3n) is 3.50. The smallest absolute Gasteiger partial charge is 0.339 e. The number of methoxy groups -OCH3 is 1. The monoisotopic (exact) mass is 317 g/mol. The summed E-state index contributed by atoms with van der Waals surface area (Å²) in [5.74, 6) is -0.123. The standard InChI is InChI=1S/C17H19NO3S/c1-10-5-7-13(8-6-10)22-9-14(19)16-11(2)15(12(3)18-16)17(20)21-4/h5-8,18H,9H2,1-4H3. The first-order chi connectivity index (χ1) is 10.4. The summed E-state index contributed by atoms with van der Waals surface area (Å²) in [5, 5.41) is 0. The average Bonchev–Trinajstić information content (AvgIpc) is 2.80. The molecule has 5 heteroatoms. The van der Waals surface area contributed by atoms with Gasteiger partial charge in [0.05, 0.1) is 24.1 Å². The number of aromatic nitrogens is 1. The van der Waals surface area contributed by atoms with Crippen LogP contribution in [-0.2, 0) is 4.74 Å². The van der Waals surface area contributed by atoms with Crippen LogP contribution in [0.2, 0.25) is 0 Å². The second-order valence-corrected chi connectivity index (χ2v) is 6.19. The number of aryl methyl sites for hydroxylation is 2. The Labute approximate surface area is 134 Å². The number of hydrogen-bond acceptors (Lipinski definition) is 4. The van der Waals surface area contributed by atoms with Crippen molar-refractivity contribution in [2.75, 3.05) is 12.9 Å². The number of H-pyrrole nitrogens is 1. The summed E-state index contributed by atoms with van der Waals surface area (Å²) in [4.78, 5) is 28.2. The summed E-state index contributed by atoms with van der Waals surface area (Å²) in [6, 6.07) is 8.04. The number of benzene rings is 1. The number of Topliss-reactive ketones (excluding diaryl/α,β-unsaturated/α-hetero) is 1. The highest BCUT2D eigenvalue weighted by molar-refractivity contribution is 8.00. The Morgan fingerprint density at radius 1 is 1.14 bits per heavy atom. The minimum atomic E-state index is -0.420. The molecule has 4 nitrogen and oxygen atoms in total. The molecule has 0 aliphatic rings. The number of hydrogen-bond donors (Lipinski definition) is 1. The quantitative estimate of drug-likeness (QED) is 0.519. The first-order valence-electron chi connectivity index (χ1n) is 6.94. The van der Waals surface area contributed by atoms with E-state index in [2.05, 4.69) is 4.98 Å². The van der Waals surface area contributed by atoms with E-state index in [0.29, 0.717) is 28.3 Å². The van der Waals surface area contributed by atoms with E-state index in [4.69, 9.17) is 4.74 Å². The molecule has 0 radical (unpaired) electrons. The van der Waals surface area contributed by atoms with Crippen LogP contribution in [-0.4, -0.2) is 29.6 Å². The minimum absolute atomic E-state index is 0.0265. The fraction of sp³-hybridized carbons (Fsp3) is 0.294. The van der Waals surface area contributed by atoms with E-state index in [1.807, 2.05) is 31.2 Å². The van der Waals surface area contributed by atoms with Crippen LogP contribution in [0.3, 0.4) is 0 Å². The van der Waals surface area contributed by atoms with E-state index in [9.17, 15) is 9.59 Å². The number of carbonyl (C=O) groups is 2. The molecular weight excluding hydrogens is 298 g/mol. The van der Waals surface area contributed by atoms with Gasteiger partial charge in [-0.25, -0.2) is 4.79 Å². The third-order valence-corrected chi connectivity index (χ3v) is 4.51. The summed E-state index contributed by atoms with van der Waals surface area (Å²) < 4.78 is 4.76. The maximum atomic E-state index is 12.4. The molecule has 1 aromatic carbocycles.